The minimum absolute atomic E-state index is 0.0398. The second kappa shape index (κ2) is 10.7. The normalized spacial score (nSPS) is 13.0. The summed E-state index contributed by atoms with van der Waals surface area (Å²) in [6.45, 7) is 8.06. The number of hydrogen-bond acceptors (Lipinski definition) is 3. The van der Waals surface area contributed by atoms with Crippen LogP contribution in [0.3, 0.4) is 0 Å². The van der Waals surface area contributed by atoms with E-state index in [9.17, 15) is 14.7 Å². The van der Waals surface area contributed by atoms with E-state index in [1.54, 1.807) is 12.2 Å². The van der Waals surface area contributed by atoms with Gasteiger partial charge in [-0.1, -0.05) is 110 Å². The molecule has 0 bridgehead atoms. The maximum absolute atomic E-state index is 12.5. The highest BCUT2D eigenvalue weighted by Crippen LogP contribution is 2.44. The van der Waals surface area contributed by atoms with Crippen molar-refractivity contribution in [3.05, 3.63) is 126 Å². The molecule has 4 rings (SSSR count). The summed E-state index contributed by atoms with van der Waals surface area (Å²) < 4.78 is 5.48. The predicted octanol–water partition coefficient (Wildman–Crippen LogP) is 6.19. The van der Waals surface area contributed by atoms with Gasteiger partial charge in [-0.3, -0.25) is 0 Å². The number of aliphatic carboxylic acids is 1. The average molecular weight is 466 g/mol. The van der Waals surface area contributed by atoms with Crippen LogP contribution in [-0.4, -0.2) is 29.8 Å². The van der Waals surface area contributed by atoms with Crippen molar-refractivity contribution in [3.8, 4) is 11.1 Å². The smallest absolute Gasteiger partial charge is 0.407 e. The van der Waals surface area contributed by atoms with Crippen LogP contribution in [0.5, 0.6) is 0 Å². The largest absolute Gasteiger partial charge is 0.480 e. The van der Waals surface area contributed by atoms with E-state index >= 15 is 0 Å². The van der Waals surface area contributed by atoms with Crippen LogP contribution in [-0.2, 0) is 9.53 Å². The Morgan fingerprint density at radius 2 is 1.46 bits per heavy atom. The van der Waals surface area contributed by atoms with E-state index in [0.29, 0.717) is 5.57 Å². The van der Waals surface area contributed by atoms with Crippen LogP contribution >= 0.6 is 0 Å². The zero-order chi connectivity index (χ0) is 24.8. The standard InChI is InChI=1S/C30H27NO4/c1-20(16-17-21(2)22-10-4-3-5-11-22)18-28(29(32)33)31-30(34)35-19-27-25-14-8-6-12-23(25)24-13-7-9-15-26(24)27/h3-17,27-28H,1-2,18-19H2,(H,31,34)(H,32,33)/b17-16-/t28-/m0/s1. The summed E-state index contributed by atoms with van der Waals surface area (Å²) in [6, 6.07) is 24.5. The van der Waals surface area contributed by atoms with Gasteiger partial charge in [-0.25, -0.2) is 9.59 Å². The van der Waals surface area contributed by atoms with Crippen LogP contribution in [0.25, 0.3) is 16.7 Å². The maximum Gasteiger partial charge on any atom is 0.407 e. The summed E-state index contributed by atoms with van der Waals surface area (Å²) in [6.07, 6.45) is 2.76. The minimum atomic E-state index is -1.16. The fourth-order valence-corrected chi connectivity index (χ4v) is 4.28. The highest BCUT2D eigenvalue weighted by atomic mass is 16.5. The lowest BCUT2D eigenvalue weighted by Gasteiger charge is -2.17. The van der Waals surface area contributed by atoms with Crippen LogP contribution < -0.4 is 5.32 Å². The van der Waals surface area contributed by atoms with Gasteiger partial charge in [0, 0.05) is 12.3 Å². The molecule has 0 spiro atoms. The molecule has 35 heavy (non-hydrogen) atoms. The maximum atomic E-state index is 12.5. The third-order valence-electron chi connectivity index (χ3n) is 6.06. The molecule has 3 aromatic rings. The Morgan fingerprint density at radius 1 is 0.886 bits per heavy atom. The number of fused-ring (bicyclic) bond motifs is 3. The second-order valence-electron chi connectivity index (χ2n) is 8.45. The van der Waals surface area contributed by atoms with Gasteiger partial charge in [-0.15, -0.1) is 0 Å². The molecule has 0 heterocycles. The zero-order valence-electron chi connectivity index (χ0n) is 19.3. The molecule has 1 amide bonds. The first kappa shape index (κ1) is 23.8. The summed E-state index contributed by atoms with van der Waals surface area (Å²) >= 11 is 0. The lowest BCUT2D eigenvalue weighted by Crippen LogP contribution is -2.41. The predicted molar refractivity (Wildman–Crippen MR) is 138 cm³/mol. The number of carboxylic acids is 1. The Labute approximate surface area is 205 Å². The van der Waals surface area contributed by atoms with E-state index in [4.69, 9.17) is 4.74 Å². The fraction of sp³-hybridized carbons (Fsp3) is 0.133. The van der Waals surface area contributed by atoms with E-state index in [-0.39, 0.29) is 18.9 Å². The highest BCUT2D eigenvalue weighted by Gasteiger charge is 2.29. The minimum Gasteiger partial charge on any atom is -0.480 e. The first-order valence-electron chi connectivity index (χ1n) is 11.4. The van der Waals surface area contributed by atoms with Crippen molar-refractivity contribution in [1.29, 1.82) is 0 Å². The van der Waals surface area contributed by atoms with Gasteiger partial charge >= 0.3 is 12.1 Å². The van der Waals surface area contributed by atoms with E-state index in [0.717, 1.165) is 33.4 Å². The van der Waals surface area contributed by atoms with Gasteiger partial charge in [0.2, 0.25) is 0 Å². The van der Waals surface area contributed by atoms with Gasteiger partial charge in [0.1, 0.15) is 12.6 Å². The van der Waals surface area contributed by atoms with Crippen molar-refractivity contribution < 1.29 is 19.4 Å². The molecule has 0 saturated carbocycles. The lowest BCUT2D eigenvalue weighted by atomic mass is 9.98. The van der Waals surface area contributed by atoms with Crippen LogP contribution in [0.15, 0.2) is 110 Å². The van der Waals surface area contributed by atoms with Gasteiger partial charge in [-0.05, 0) is 33.4 Å². The number of allylic oxidation sites excluding steroid dienone is 3. The molecule has 0 aromatic heterocycles. The molecule has 1 atom stereocenters. The quantitative estimate of drug-likeness (QED) is 0.369. The van der Waals surface area contributed by atoms with Crippen LogP contribution in [0, 0.1) is 0 Å². The van der Waals surface area contributed by atoms with Gasteiger partial charge in [-0.2, -0.15) is 0 Å². The number of ether oxygens (including phenoxy) is 1. The lowest BCUT2D eigenvalue weighted by molar-refractivity contribution is -0.139. The van der Waals surface area contributed by atoms with Crippen LogP contribution in [0.2, 0.25) is 0 Å². The van der Waals surface area contributed by atoms with Gasteiger partial charge < -0.3 is 15.2 Å². The summed E-state index contributed by atoms with van der Waals surface area (Å²) in [7, 11) is 0. The topological polar surface area (TPSA) is 75.6 Å². The molecule has 1 aliphatic rings. The molecule has 5 heteroatoms. The van der Waals surface area contributed by atoms with Crippen molar-refractivity contribution in [2.24, 2.45) is 0 Å². The zero-order valence-corrected chi connectivity index (χ0v) is 19.3. The summed E-state index contributed by atoms with van der Waals surface area (Å²) in [5.41, 5.74) is 6.72. The number of benzene rings is 3. The molecule has 2 N–H and O–H groups in total. The third kappa shape index (κ3) is 5.58. The molecular weight excluding hydrogens is 438 g/mol. The molecular formula is C30H27NO4. The number of rotatable bonds is 9. The monoisotopic (exact) mass is 465 g/mol. The Morgan fingerprint density at radius 3 is 2.06 bits per heavy atom. The van der Waals surface area contributed by atoms with E-state index in [1.807, 2.05) is 66.7 Å². The number of carbonyl (C=O) groups is 2. The molecule has 0 saturated heterocycles. The highest BCUT2D eigenvalue weighted by molar-refractivity contribution is 5.81. The van der Waals surface area contributed by atoms with Crippen LogP contribution in [0.4, 0.5) is 4.79 Å². The number of hydrogen-bond donors (Lipinski definition) is 2. The SMILES string of the molecule is C=C(/C=C\C(=C)c1ccccc1)C[C@H](NC(=O)OCC1c2ccccc2-c2ccccc21)C(=O)O. The Bertz CT molecular complexity index is 1250. The molecule has 5 nitrogen and oxygen atoms in total. The molecule has 176 valence electrons. The molecule has 0 aliphatic heterocycles. The van der Waals surface area contributed by atoms with E-state index in [2.05, 4.69) is 30.6 Å². The van der Waals surface area contributed by atoms with Crippen LogP contribution in [0.1, 0.15) is 29.0 Å². The number of carbonyl (C=O) groups excluding carboxylic acids is 1. The Hall–Kier alpha value is -4.38. The number of alkyl carbamates (subject to hydrolysis) is 1. The molecule has 0 unspecified atom stereocenters. The second-order valence-corrected chi connectivity index (χ2v) is 8.45. The van der Waals surface area contributed by atoms with Crippen molar-refractivity contribution >= 4 is 17.6 Å². The third-order valence-corrected chi connectivity index (χ3v) is 6.06. The molecule has 1 aliphatic carbocycles. The number of nitrogens with one attached hydrogen (secondary N) is 1. The Balaban J connectivity index is 1.35. The molecule has 3 aromatic carbocycles. The summed E-state index contributed by atoms with van der Waals surface area (Å²) in [5, 5.41) is 12.1. The Kier molecular flexibility index (Phi) is 7.27. The van der Waals surface area contributed by atoms with Crippen molar-refractivity contribution in [2.45, 2.75) is 18.4 Å². The average Bonchev–Trinajstić information content (AvgIpc) is 3.20. The first-order valence-corrected chi connectivity index (χ1v) is 11.4. The molecule has 0 fully saturated rings. The fourth-order valence-electron chi connectivity index (χ4n) is 4.28. The summed E-state index contributed by atoms with van der Waals surface area (Å²) in [5.74, 6) is -1.26. The van der Waals surface area contributed by atoms with Gasteiger partial charge in [0.25, 0.3) is 0 Å². The molecule has 0 radical (unpaired) electrons. The van der Waals surface area contributed by atoms with E-state index < -0.39 is 18.1 Å². The van der Waals surface area contributed by atoms with Gasteiger partial charge in [0.05, 0.1) is 0 Å². The van der Waals surface area contributed by atoms with Gasteiger partial charge in [0.15, 0.2) is 0 Å². The first-order chi connectivity index (χ1) is 16.9. The van der Waals surface area contributed by atoms with E-state index in [1.165, 1.54) is 0 Å². The van der Waals surface area contributed by atoms with Crippen molar-refractivity contribution in [3.63, 3.8) is 0 Å². The van der Waals surface area contributed by atoms with Crippen molar-refractivity contribution in [1.82, 2.24) is 5.32 Å². The number of carboxylic acid groups (broad SMARTS) is 1. The van der Waals surface area contributed by atoms with Crippen molar-refractivity contribution in [2.75, 3.05) is 6.61 Å². The summed E-state index contributed by atoms with van der Waals surface area (Å²) in [4.78, 5) is 24.3. The number of amides is 1.